The highest BCUT2D eigenvalue weighted by atomic mass is 35.5. The zero-order valence-corrected chi connectivity index (χ0v) is 12.8. The van der Waals surface area contributed by atoms with Gasteiger partial charge in [0.1, 0.15) is 11.1 Å². The van der Waals surface area contributed by atoms with Crippen molar-refractivity contribution < 1.29 is 9.21 Å². The minimum atomic E-state index is -0.645. The Hall–Kier alpha value is -2.10. The van der Waals surface area contributed by atoms with Crippen molar-refractivity contribution in [2.45, 2.75) is 6.42 Å². The van der Waals surface area contributed by atoms with Gasteiger partial charge in [0, 0.05) is 21.9 Å². The van der Waals surface area contributed by atoms with Gasteiger partial charge in [0.2, 0.25) is 0 Å². The SMILES string of the molecule is O=C(Cc1ccc(Cl)cc1Cl)c1cc2ccccc2oc1=O. The van der Waals surface area contributed by atoms with Crippen molar-refractivity contribution in [1.29, 1.82) is 0 Å². The fourth-order valence-electron chi connectivity index (χ4n) is 2.19. The fourth-order valence-corrected chi connectivity index (χ4v) is 2.66. The first-order chi connectivity index (χ1) is 10.5. The largest absolute Gasteiger partial charge is 0.422 e. The molecule has 0 N–H and O–H groups in total. The predicted molar refractivity (Wildman–Crippen MR) is 87.0 cm³/mol. The van der Waals surface area contributed by atoms with Crippen molar-refractivity contribution in [3.8, 4) is 0 Å². The van der Waals surface area contributed by atoms with Crippen LogP contribution in [0.4, 0.5) is 0 Å². The van der Waals surface area contributed by atoms with Gasteiger partial charge in [-0.15, -0.1) is 0 Å². The molecule has 0 aliphatic heterocycles. The van der Waals surface area contributed by atoms with Crippen LogP contribution >= 0.6 is 23.2 Å². The molecule has 22 heavy (non-hydrogen) atoms. The summed E-state index contributed by atoms with van der Waals surface area (Å²) in [7, 11) is 0. The van der Waals surface area contributed by atoms with Crippen molar-refractivity contribution >= 4 is 40.0 Å². The van der Waals surface area contributed by atoms with Crippen molar-refractivity contribution in [3.63, 3.8) is 0 Å². The highest BCUT2D eigenvalue weighted by Crippen LogP contribution is 2.22. The van der Waals surface area contributed by atoms with Gasteiger partial charge >= 0.3 is 5.63 Å². The average Bonchev–Trinajstić information content (AvgIpc) is 2.49. The molecule has 0 bridgehead atoms. The molecule has 0 radical (unpaired) electrons. The number of halogens is 2. The molecule has 0 saturated heterocycles. The molecule has 0 spiro atoms. The lowest BCUT2D eigenvalue weighted by molar-refractivity contribution is 0.0989. The van der Waals surface area contributed by atoms with Gasteiger partial charge in [-0.2, -0.15) is 0 Å². The zero-order chi connectivity index (χ0) is 15.7. The van der Waals surface area contributed by atoms with E-state index in [1.54, 1.807) is 42.5 Å². The number of Topliss-reactive ketones (excluding diaryl/α,β-unsaturated/α-hetero) is 1. The summed E-state index contributed by atoms with van der Waals surface area (Å²) in [5, 5.41) is 1.59. The van der Waals surface area contributed by atoms with Gasteiger partial charge in [-0.05, 0) is 29.8 Å². The second kappa shape index (κ2) is 5.95. The summed E-state index contributed by atoms with van der Waals surface area (Å²) in [6.45, 7) is 0. The van der Waals surface area contributed by atoms with Gasteiger partial charge in [0.25, 0.3) is 0 Å². The van der Waals surface area contributed by atoms with Gasteiger partial charge in [-0.25, -0.2) is 4.79 Å². The Morgan fingerprint density at radius 2 is 1.82 bits per heavy atom. The summed E-state index contributed by atoms with van der Waals surface area (Å²) in [5.74, 6) is -0.344. The van der Waals surface area contributed by atoms with Crippen LogP contribution < -0.4 is 5.63 Å². The first-order valence-electron chi connectivity index (χ1n) is 6.54. The van der Waals surface area contributed by atoms with Gasteiger partial charge in [0.05, 0.1) is 0 Å². The van der Waals surface area contributed by atoms with Gasteiger partial charge in [0.15, 0.2) is 5.78 Å². The molecule has 5 heteroatoms. The Morgan fingerprint density at radius 1 is 1.05 bits per heavy atom. The third-order valence-corrected chi connectivity index (χ3v) is 3.89. The molecule has 1 aromatic heterocycles. The molecule has 2 aromatic carbocycles. The molecule has 0 aliphatic rings. The van der Waals surface area contributed by atoms with Crippen LogP contribution in [0, 0.1) is 0 Å². The zero-order valence-electron chi connectivity index (χ0n) is 11.3. The number of hydrogen-bond donors (Lipinski definition) is 0. The number of benzene rings is 2. The van der Waals surface area contributed by atoms with E-state index in [0.717, 1.165) is 0 Å². The van der Waals surface area contributed by atoms with E-state index in [1.165, 1.54) is 0 Å². The molecule has 1 heterocycles. The second-order valence-electron chi connectivity index (χ2n) is 4.82. The average molecular weight is 333 g/mol. The van der Waals surface area contributed by atoms with Gasteiger partial charge in [-0.1, -0.05) is 47.5 Å². The molecule has 0 aliphatic carbocycles. The molecule has 0 fully saturated rings. The maximum absolute atomic E-state index is 12.4. The van der Waals surface area contributed by atoms with Crippen LogP contribution in [0.5, 0.6) is 0 Å². The minimum absolute atomic E-state index is 0.0130. The number of fused-ring (bicyclic) bond motifs is 1. The van der Waals surface area contributed by atoms with Crippen LogP contribution in [0.15, 0.2) is 57.7 Å². The summed E-state index contributed by atoms with van der Waals surface area (Å²) >= 11 is 11.9. The number of hydrogen-bond acceptors (Lipinski definition) is 3. The third kappa shape index (κ3) is 2.91. The summed E-state index contributed by atoms with van der Waals surface area (Å²) < 4.78 is 5.17. The Bertz CT molecular complexity index is 929. The van der Waals surface area contributed by atoms with Crippen molar-refractivity contribution in [3.05, 3.63) is 80.1 Å². The molecular weight excluding hydrogens is 323 g/mol. The van der Waals surface area contributed by atoms with Gasteiger partial charge < -0.3 is 4.42 Å². The lowest BCUT2D eigenvalue weighted by Crippen LogP contribution is -2.15. The van der Waals surface area contributed by atoms with E-state index in [4.69, 9.17) is 27.6 Å². The maximum atomic E-state index is 12.4. The molecule has 3 nitrogen and oxygen atoms in total. The minimum Gasteiger partial charge on any atom is -0.422 e. The summed E-state index contributed by atoms with van der Waals surface area (Å²) in [4.78, 5) is 24.3. The third-order valence-electron chi connectivity index (χ3n) is 3.31. The van der Waals surface area contributed by atoms with Crippen molar-refractivity contribution in [1.82, 2.24) is 0 Å². The number of carbonyl (C=O) groups excluding carboxylic acids is 1. The number of ketones is 1. The molecule has 0 atom stereocenters. The Morgan fingerprint density at radius 3 is 2.59 bits per heavy atom. The van der Waals surface area contributed by atoms with Crippen LogP contribution in [0.25, 0.3) is 11.0 Å². The summed E-state index contributed by atoms with van der Waals surface area (Å²) in [6, 6.07) is 13.5. The lowest BCUT2D eigenvalue weighted by atomic mass is 10.0. The van der Waals surface area contributed by atoms with E-state index >= 15 is 0 Å². The van der Waals surface area contributed by atoms with E-state index < -0.39 is 5.63 Å². The van der Waals surface area contributed by atoms with Crippen molar-refractivity contribution in [2.75, 3.05) is 0 Å². The molecule has 110 valence electrons. The monoisotopic (exact) mass is 332 g/mol. The van der Waals surface area contributed by atoms with Crippen molar-refractivity contribution in [2.24, 2.45) is 0 Å². The van der Waals surface area contributed by atoms with E-state index in [1.807, 2.05) is 6.07 Å². The molecular formula is C17H10Cl2O3. The molecule has 0 saturated carbocycles. The standard InChI is InChI=1S/C17H10Cl2O3/c18-12-6-5-10(14(19)9-12)8-15(20)13-7-11-3-1-2-4-16(11)22-17(13)21/h1-7,9H,8H2. The lowest BCUT2D eigenvalue weighted by Gasteiger charge is -2.04. The van der Waals surface area contributed by atoms with Crippen LogP contribution in [0.3, 0.4) is 0 Å². The topological polar surface area (TPSA) is 47.3 Å². The maximum Gasteiger partial charge on any atom is 0.347 e. The van der Waals surface area contributed by atoms with Crippen LogP contribution in [-0.4, -0.2) is 5.78 Å². The number of rotatable bonds is 3. The van der Waals surface area contributed by atoms with E-state index in [9.17, 15) is 9.59 Å². The predicted octanol–water partition coefficient (Wildman–Crippen LogP) is 4.53. The van der Waals surface area contributed by atoms with Crippen LogP contribution in [0.1, 0.15) is 15.9 Å². The Labute approximate surface area is 136 Å². The molecule has 3 rings (SSSR count). The smallest absolute Gasteiger partial charge is 0.347 e. The highest BCUT2D eigenvalue weighted by molar-refractivity contribution is 6.35. The molecule has 0 amide bonds. The van der Waals surface area contributed by atoms with E-state index in [-0.39, 0.29) is 17.8 Å². The molecule has 3 aromatic rings. The summed E-state index contributed by atoms with van der Waals surface area (Å²) in [6.07, 6.45) is 0.0130. The number of para-hydroxylation sites is 1. The quantitative estimate of drug-likeness (QED) is 0.523. The first kappa shape index (κ1) is 14.8. The highest BCUT2D eigenvalue weighted by Gasteiger charge is 2.15. The number of carbonyl (C=O) groups is 1. The molecule has 0 unspecified atom stereocenters. The van der Waals surface area contributed by atoms with E-state index in [2.05, 4.69) is 0 Å². The Balaban J connectivity index is 1.98. The van der Waals surface area contributed by atoms with Crippen LogP contribution in [0.2, 0.25) is 10.0 Å². The Kier molecular flexibility index (Phi) is 4.01. The first-order valence-corrected chi connectivity index (χ1v) is 7.30. The van der Waals surface area contributed by atoms with Gasteiger partial charge in [-0.3, -0.25) is 4.79 Å². The second-order valence-corrected chi connectivity index (χ2v) is 5.66. The van der Waals surface area contributed by atoms with E-state index in [0.29, 0.717) is 26.6 Å². The fraction of sp³-hybridized carbons (Fsp3) is 0.0588. The summed E-state index contributed by atoms with van der Waals surface area (Å²) in [5.41, 5.74) is 0.440. The van der Waals surface area contributed by atoms with Crippen LogP contribution in [-0.2, 0) is 6.42 Å². The normalized spacial score (nSPS) is 10.8.